The highest BCUT2D eigenvalue weighted by atomic mass is 35.5. The maximum Gasteiger partial charge on any atom is 0.335 e. The molecular weight excluding hydrogens is 872 g/mol. The van der Waals surface area contributed by atoms with Gasteiger partial charge < -0.3 is 27.6 Å². The molecular formula is C54H57ClN10O3. The van der Waals surface area contributed by atoms with Crippen molar-refractivity contribution in [2.45, 2.75) is 91.1 Å². The first-order valence-corrected chi connectivity index (χ1v) is 22.6. The number of nitrogens with two attached hydrogens (primary N) is 3. The SMILES string of the molecule is Cc1cc(N)nc(C)c1CN.Cc1cc(N)nc(C)c1CNC(=O)c1ccnc(Cc2ccc3ncc(C4CC4)cc3c2)c1.Cl.O=C(O)c1ccnc(Cc2ccc3ncc(C4CC4)cc3c2)c1. The minimum atomic E-state index is -0.926. The topological polar surface area (TPSA) is 222 Å². The van der Waals surface area contributed by atoms with E-state index >= 15 is 0 Å². The van der Waals surface area contributed by atoms with E-state index in [1.807, 2.05) is 70.4 Å². The number of carboxylic acids is 1. The van der Waals surface area contributed by atoms with E-state index in [0.29, 0.717) is 55.0 Å². The number of nitrogens with zero attached hydrogens (tertiary/aromatic N) is 6. The first-order chi connectivity index (χ1) is 32.3. The van der Waals surface area contributed by atoms with Gasteiger partial charge in [0.25, 0.3) is 5.91 Å². The van der Waals surface area contributed by atoms with Gasteiger partial charge in [-0.15, -0.1) is 12.4 Å². The molecule has 2 aliphatic carbocycles. The largest absolute Gasteiger partial charge is 0.478 e. The Labute approximate surface area is 402 Å². The van der Waals surface area contributed by atoms with Crippen LogP contribution in [0.15, 0.2) is 110 Å². The number of aromatic nitrogens is 6. The average Bonchev–Trinajstić information content (AvgIpc) is 4.24. The molecule has 0 aliphatic heterocycles. The number of fused-ring (bicyclic) bond motifs is 2. The van der Waals surface area contributed by atoms with E-state index < -0.39 is 5.97 Å². The third-order valence-corrected chi connectivity index (χ3v) is 12.3. The molecule has 2 saturated carbocycles. The monoisotopic (exact) mass is 928 g/mol. The van der Waals surface area contributed by atoms with Crippen molar-refractivity contribution in [3.8, 4) is 0 Å². The number of carboxylic acid groups (broad SMARTS) is 1. The number of rotatable bonds is 11. The molecule has 0 radical (unpaired) electrons. The molecule has 0 saturated heterocycles. The Morgan fingerprint density at radius 1 is 0.618 bits per heavy atom. The molecule has 13 nitrogen and oxygen atoms in total. The van der Waals surface area contributed by atoms with Crippen LogP contribution in [0.5, 0.6) is 0 Å². The van der Waals surface area contributed by atoms with Gasteiger partial charge in [0.05, 0.1) is 16.6 Å². The summed E-state index contributed by atoms with van der Waals surface area (Å²) < 4.78 is 0. The summed E-state index contributed by atoms with van der Waals surface area (Å²) >= 11 is 0. The second-order valence-corrected chi connectivity index (χ2v) is 17.6. The van der Waals surface area contributed by atoms with E-state index in [2.05, 4.69) is 71.6 Å². The summed E-state index contributed by atoms with van der Waals surface area (Å²) in [7, 11) is 0. The van der Waals surface area contributed by atoms with Crippen LogP contribution >= 0.6 is 12.4 Å². The molecule has 6 heterocycles. The van der Waals surface area contributed by atoms with Crippen LogP contribution in [0.25, 0.3) is 21.8 Å². The van der Waals surface area contributed by atoms with Crippen molar-refractivity contribution in [3.05, 3.63) is 188 Å². The van der Waals surface area contributed by atoms with E-state index in [4.69, 9.17) is 22.3 Å². The van der Waals surface area contributed by atoms with E-state index in [0.717, 1.165) is 78.0 Å². The maximum atomic E-state index is 12.8. The molecule has 10 rings (SSSR count). The summed E-state index contributed by atoms with van der Waals surface area (Å²) in [6.07, 6.45) is 13.6. The Kier molecular flexibility index (Phi) is 15.4. The zero-order valence-corrected chi connectivity index (χ0v) is 39.6. The quantitative estimate of drug-likeness (QED) is 0.0818. The number of anilines is 2. The van der Waals surface area contributed by atoms with Gasteiger partial charge >= 0.3 is 5.97 Å². The van der Waals surface area contributed by atoms with E-state index in [9.17, 15) is 9.59 Å². The zero-order chi connectivity index (χ0) is 47.2. The summed E-state index contributed by atoms with van der Waals surface area (Å²) in [6, 6.07) is 27.4. The van der Waals surface area contributed by atoms with Gasteiger partial charge in [-0.25, -0.2) is 14.8 Å². The second-order valence-electron chi connectivity index (χ2n) is 17.6. The van der Waals surface area contributed by atoms with Crippen molar-refractivity contribution in [2.75, 3.05) is 11.5 Å². The molecule has 8 N–H and O–H groups in total. The Hall–Kier alpha value is -7.35. The lowest BCUT2D eigenvalue weighted by atomic mass is 10.0. The number of hydrogen-bond acceptors (Lipinski definition) is 11. The molecule has 14 heteroatoms. The summed E-state index contributed by atoms with van der Waals surface area (Å²) in [5, 5.41) is 14.4. The van der Waals surface area contributed by atoms with E-state index in [1.54, 1.807) is 24.5 Å². The molecule has 0 atom stereocenters. The van der Waals surface area contributed by atoms with Crippen LogP contribution in [0.1, 0.15) is 126 Å². The van der Waals surface area contributed by atoms with Crippen molar-refractivity contribution in [1.82, 2.24) is 35.2 Å². The fourth-order valence-corrected chi connectivity index (χ4v) is 8.36. The zero-order valence-electron chi connectivity index (χ0n) is 38.8. The molecule has 0 bridgehead atoms. The molecule has 2 fully saturated rings. The minimum Gasteiger partial charge on any atom is -0.478 e. The molecule has 6 aromatic heterocycles. The summed E-state index contributed by atoms with van der Waals surface area (Å²) in [5.41, 5.74) is 32.2. The molecule has 2 aromatic carbocycles. The third-order valence-electron chi connectivity index (χ3n) is 12.3. The lowest BCUT2D eigenvalue weighted by molar-refractivity contribution is 0.0696. The van der Waals surface area contributed by atoms with Crippen molar-refractivity contribution >= 4 is 57.7 Å². The van der Waals surface area contributed by atoms with Gasteiger partial charge in [0.2, 0.25) is 0 Å². The predicted molar refractivity (Wildman–Crippen MR) is 271 cm³/mol. The number of carbonyl (C=O) groups is 2. The van der Waals surface area contributed by atoms with Crippen LogP contribution in [0.3, 0.4) is 0 Å². The molecule has 8 aromatic rings. The summed E-state index contributed by atoms with van der Waals surface area (Å²) in [4.78, 5) is 50.2. The number of pyridine rings is 6. The standard InChI is InChI=1S/C27H27N5O.C19H16N2O2.C8H13N3.ClH/c1-16-9-26(28)32-17(2)24(16)15-31-27(33)20-7-8-29-23(13-20)11-18-3-6-25-21(10-18)12-22(14-30-25)19-4-5-19;22-19(23)14-5-6-20-17(10-14)8-12-1-4-18-15(7-12)9-16(11-21-18)13-2-3-13;1-5-3-8(10)11-6(2)7(5)4-9;/h3,6-10,12-14,19H,4-5,11,15H2,1-2H3,(H2,28,32)(H,31,33);1,4-7,9-11,13H,2-3,8H2,(H,22,23);3H,4,9H2,1-2H3,(H2,10,11);1H. The second kappa shape index (κ2) is 21.5. The van der Waals surface area contributed by atoms with Crippen molar-refractivity contribution in [3.63, 3.8) is 0 Å². The van der Waals surface area contributed by atoms with Crippen LogP contribution in [0.4, 0.5) is 11.6 Å². The Bertz CT molecular complexity index is 3090. The highest BCUT2D eigenvalue weighted by molar-refractivity contribution is 5.94. The minimum absolute atomic E-state index is 0. The van der Waals surface area contributed by atoms with Crippen molar-refractivity contribution in [1.29, 1.82) is 0 Å². The maximum absolute atomic E-state index is 12.8. The van der Waals surface area contributed by atoms with Crippen LogP contribution < -0.4 is 22.5 Å². The summed E-state index contributed by atoms with van der Waals surface area (Å²) in [5.74, 6) is 1.37. The molecule has 348 valence electrons. The number of amides is 1. The van der Waals surface area contributed by atoms with E-state index in [1.165, 1.54) is 42.9 Å². The molecule has 68 heavy (non-hydrogen) atoms. The van der Waals surface area contributed by atoms with Gasteiger partial charge in [0.1, 0.15) is 11.6 Å². The summed E-state index contributed by atoms with van der Waals surface area (Å²) in [6.45, 7) is 8.73. The number of benzene rings is 2. The molecule has 2 aliphatic rings. The van der Waals surface area contributed by atoms with Crippen LogP contribution in [0.2, 0.25) is 0 Å². The highest BCUT2D eigenvalue weighted by Crippen LogP contribution is 2.41. The number of halogens is 1. The number of hydrogen-bond donors (Lipinski definition) is 5. The van der Waals surface area contributed by atoms with Gasteiger partial charge in [-0.1, -0.05) is 12.1 Å². The Morgan fingerprint density at radius 3 is 1.54 bits per heavy atom. The van der Waals surface area contributed by atoms with Crippen LogP contribution in [0, 0.1) is 27.7 Å². The fraction of sp³-hybridized carbons (Fsp3) is 0.259. The van der Waals surface area contributed by atoms with Gasteiger partial charge in [-0.2, -0.15) is 0 Å². The Morgan fingerprint density at radius 2 is 1.09 bits per heavy atom. The molecule has 0 spiro atoms. The average molecular weight is 930 g/mol. The highest BCUT2D eigenvalue weighted by Gasteiger charge is 2.25. The first kappa shape index (κ1) is 48.6. The number of nitrogens with one attached hydrogen (secondary N) is 1. The van der Waals surface area contributed by atoms with Gasteiger partial charge in [-0.05, 0) is 183 Å². The first-order valence-electron chi connectivity index (χ1n) is 22.6. The number of aryl methyl sites for hydroxylation is 4. The lowest BCUT2D eigenvalue weighted by Crippen LogP contribution is -2.24. The van der Waals surface area contributed by atoms with Gasteiger partial charge in [0.15, 0.2) is 0 Å². The van der Waals surface area contributed by atoms with Crippen molar-refractivity contribution < 1.29 is 14.7 Å². The number of carbonyl (C=O) groups excluding carboxylic acids is 1. The number of nitrogen functional groups attached to an aromatic ring is 2. The molecule has 1 amide bonds. The lowest BCUT2D eigenvalue weighted by Gasteiger charge is -2.12. The Balaban J connectivity index is 0.000000169. The fourth-order valence-electron chi connectivity index (χ4n) is 8.36. The van der Waals surface area contributed by atoms with E-state index in [-0.39, 0.29) is 23.9 Å². The van der Waals surface area contributed by atoms with Crippen LogP contribution in [-0.4, -0.2) is 46.9 Å². The van der Waals surface area contributed by atoms with Gasteiger partial charge in [-0.3, -0.25) is 24.7 Å². The smallest absolute Gasteiger partial charge is 0.335 e. The normalized spacial score (nSPS) is 12.8. The number of aromatic carboxylic acids is 1. The predicted octanol–water partition coefficient (Wildman–Crippen LogP) is 9.58. The third kappa shape index (κ3) is 12.3. The molecule has 0 unspecified atom stereocenters. The van der Waals surface area contributed by atoms with Crippen LogP contribution in [-0.2, 0) is 25.9 Å². The van der Waals surface area contributed by atoms with Crippen molar-refractivity contribution in [2.24, 2.45) is 5.73 Å². The van der Waals surface area contributed by atoms with Gasteiger partial charge in [0, 0.05) is 89.8 Å².